The van der Waals surface area contributed by atoms with Gasteiger partial charge in [0.25, 0.3) is 0 Å². The molecule has 2 fully saturated rings. The van der Waals surface area contributed by atoms with Crippen molar-refractivity contribution in [3.05, 3.63) is 0 Å². The third-order valence-corrected chi connectivity index (χ3v) is 3.78. The summed E-state index contributed by atoms with van der Waals surface area (Å²) < 4.78 is 5.49. The van der Waals surface area contributed by atoms with Gasteiger partial charge in [0, 0.05) is 12.6 Å². The molecule has 0 radical (unpaired) electrons. The van der Waals surface area contributed by atoms with Gasteiger partial charge in [-0.15, -0.1) is 0 Å². The fourth-order valence-electron chi connectivity index (χ4n) is 2.98. The lowest BCUT2D eigenvalue weighted by Crippen LogP contribution is -2.48. The predicted octanol–water partition coefficient (Wildman–Crippen LogP) is 2.09. The van der Waals surface area contributed by atoms with E-state index in [0.29, 0.717) is 6.04 Å². The fraction of sp³-hybridized carbons (Fsp3) is 0.923. The van der Waals surface area contributed by atoms with Gasteiger partial charge in [-0.1, -0.05) is 0 Å². The number of rotatable bonds is 1. The van der Waals surface area contributed by atoms with Gasteiger partial charge in [0.05, 0.1) is 5.54 Å². The van der Waals surface area contributed by atoms with Crippen molar-refractivity contribution < 1.29 is 9.53 Å². The van der Waals surface area contributed by atoms with Crippen molar-refractivity contribution >= 4 is 6.09 Å². The number of likely N-dealkylation sites (tertiary alicyclic amines) is 1. The number of carbonyl (C=O) groups excluding carboxylic acids is 1. The van der Waals surface area contributed by atoms with E-state index in [9.17, 15) is 4.79 Å². The highest BCUT2D eigenvalue weighted by Gasteiger charge is 2.60. The highest BCUT2D eigenvalue weighted by atomic mass is 16.6. The molecule has 4 heteroatoms. The van der Waals surface area contributed by atoms with Gasteiger partial charge in [-0.2, -0.15) is 0 Å². The van der Waals surface area contributed by atoms with E-state index in [1.165, 1.54) is 0 Å². The van der Waals surface area contributed by atoms with E-state index in [0.717, 1.165) is 25.8 Å². The first-order chi connectivity index (χ1) is 7.76. The molecule has 1 saturated carbocycles. The van der Waals surface area contributed by atoms with E-state index in [1.54, 1.807) is 0 Å². The van der Waals surface area contributed by atoms with Crippen molar-refractivity contribution in [2.45, 2.75) is 57.2 Å². The maximum absolute atomic E-state index is 12.2. The molecular formula is C13H24N2O2. The minimum absolute atomic E-state index is 0.0752. The Kier molecular flexibility index (Phi) is 2.89. The van der Waals surface area contributed by atoms with E-state index in [2.05, 4.69) is 19.0 Å². The Morgan fingerprint density at radius 1 is 1.35 bits per heavy atom. The van der Waals surface area contributed by atoms with E-state index < -0.39 is 5.60 Å². The molecule has 1 atom stereocenters. The first kappa shape index (κ1) is 12.7. The maximum Gasteiger partial charge on any atom is 0.410 e. The number of amides is 1. The van der Waals surface area contributed by atoms with Gasteiger partial charge in [0.1, 0.15) is 5.60 Å². The van der Waals surface area contributed by atoms with Gasteiger partial charge in [0.15, 0.2) is 0 Å². The lowest BCUT2D eigenvalue weighted by molar-refractivity contribution is 0.0167. The van der Waals surface area contributed by atoms with Crippen LogP contribution in [0.4, 0.5) is 4.79 Å². The van der Waals surface area contributed by atoms with Gasteiger partial charge in [0.2, 0.25) is 0 Å². The molecule has 1 spiro atoms. The molecule has 98 valence electrons. The molecular weight excluding hydrogens is 216 g/mol. The van der Waals surface area contributed by atoms with Crippen LogP contribution in [0.2, 0.25) is 0 Å². The Bertz CT molecular complexity index is 316. The monoisotopic (exact) mass is 240 g/mol. The number of hydrogen-bond donors (Lipinski definition) is 0. The summed E-state index contributed by atoms with van der Waals surface area (Å²) in [6.07, 6.45) is 3.16. The van der Waals surface area contributed by atoms with Gasteiger partial charge in [-0.3, -0.25) is 0 Å². The summed E-state index contributed by atoms with van der Waals surface area (Å²) in [7, 11) is 4.20. The molecule has 17 heavy (non-hydrogen) atoms. The van der Waals surface area contributed by atoms with Crippen molar-refractivity contribution in [3.8, 4) is 0 Å². The maximum atomic E-state index is 12.2. The van der Waals surface area contributed by atoms with Gasteiger partial charge in [-0.05, 0) is 54.1 Å². The van der Waals surface area contributed by atoms with Crippen LogP contribution in [-0.2, 0) is 4.74 Å². The van der Waals surface area contributed by atoms with Crippen LogP contribution >= 0.6 is 0 Å². The average Bonchev–Trinajstić information content (AvgIpc) is 2.75. The van der Waals surface area contributed by atoms with Crippen LogP contribution in [0.25, 0.3) is 0 Å². The third kappa shape index (κ3) is 2.28. The molecule has 2 aliphatic rings. The van der Waals surface area contributed by atoms with Crippen LogP contribution in [0, 0.1) is 0 Å². The molecule has 1 aliphatic carbocycles. The smallest absolute Gasteiger partial charge is 0.410 e. The molecule has 0 aromatic carbocycles. The van der Waals surface area contributed by atoms with E-state index >= 15 is 0 Å². The first-order valence-corrected chi connectivity index (χ1v) is 6.43. The Hall–Kier alpha value is -0.770. The lowest BCUT2D eigenvalue weighted by atomic mass is 10.1. The number of carbonyl (C=O) groups is 1. The zero-order valence-electron chi connectivity index (χ0n) is 11.6. The van der Waals surface area contributed by atoms with Crippen LogP contribution < -0.4 is 0 Å². The Balaban J connectivity index is 2.07. The van der Waals surface area contributed by atoms with Crippen molar-refractivity contribution in [1.82, 2.24) is 9.80 Å². The molecule has 1 saturated heterocycles. The predicted molar refractivity (Wildman–Crippen MR) is 67.0 cm³/mol. The van der Waals surface area contributed by atoms with E-state index in [4.69, 9.17) is 4.74 Å². The molecule has 1 amide bonds. The van der Waals surface area contributed by atoms with Crippen molar-refractivity contribution in [2.24, 2.45) is 0 Å². The van der Waals surface area contributed by atoms with Crippen LogP contribution in [0.1, 0.15) is 40.0 Å². The summed E-state index contributed by atoms with van der Waals surface area (Å²) in [6, 6.07) is 0.495. The second-order valence-electron chi connectivity index (χ2n) is 6.50. The number of likely N-dealkylation sites (N-methyl/N-ethyl adjacent to an activating group) is 1. The quantitative estimate of drug-likeness (QED) is 0.703. The van der Waals surface area contributed by atoms with E-state index in [1.807, 2.05) is 25.7 Å². The molecule has 1 heterocycles. The molecule has 1 aliphatic heterocycles. The normalized spacial score (nSPS) is 26.7. The first-order valence-electron chi connectivity index (χ1n) is 6.43. The van der Waals surface area contributed by atoms with Crippen molar-refractivity contribution in [3.63, 3.8) is 0 Å². The highest BCUT2D eigenvalue weighted by Crippen LogP contribution is 2.51. The summed E-state index contributed by atoms with van der Waals surface area (Å²) in [5.74, 6) is 0. The second-order valence-corrected chi connectivity index (χ2v) is 6.50. The molecule has 1 unspecified atom stereocenters. The summed E-state index contributed by atoms with van der Waals surface area (Å²) in [4.78, 5) is 16.4. The van der Waals surface area contributed by atoms with Crippen molar-refractivity contribution in [2.75, 3.05) is 20.6 Å². The Morgan fingerprint density at radius 3 is 2.35 bits per heavy atom. The van der Waals surface area contributed by atoms with Gasteiger partial charge < -0.3 is 14.5 Å². The summed E-state index contributed by atoms with van der Waals surface area (Å²) in [6.45, 7) is 6.59. The summed E-state index contributed by atoms with van der Waals surface area (Å²) in [5, 5.41) is 0. The average molecular weight is 240 g/mol. The van der Waals surface area contributed by atoms with Crippen LogP contribution in [0.3, 0.4) is 0 Å². The summed E-state index contributed by atoms with van der Waals surface area (Å²) >= 11 is 0. The zero-order valence-corrected chi connectivity index (χ0v) is 11.6. The standard InChI is InChI=1S/C13H24N2O2/c1-12(2,3)17-11(16)15-9-6-10(14(4)5)13(15)7-8-13/h10H,6-9H2,1-5H3. The fourth-order valence-corrected chi connectivity index (χ4v) is 2.98. The molecule has 4 nitrogen and oxygen atoms in total. The Labute approximate surface area is 104 Å². The largest absolute Gasteiger partial charge is 0.444 e. The SMILES string of the molecule is CN(C)C1CCN(C(=O)OC(C)(C)C)C12CC2. The number of nitrogens with zero attached hydrogens (tertiary/aromatic N) is 2. The summed E-state index contributed by atoms with van der Waals surface area (Å²) in [5.41, 5.74) is -0.324. The van der Waals surface area contributed by atoms with Crippen LogP contribution in [-0.4, -0.2) is 53.7 Å². The van der Waals surface area contributed by atoms with Gasteiger partial charge in [-0.25, -0.2) is 4.79 Å². The number of hydrogen-bond acceptors (Lipinski definition) is 3. The Morgan fingerprint density at radius 2 is 1.94 bits per heavy atom. The number of ether oxygens (including phenoxy) is 1. The topological polar surface area (TPSA) is 32.8 Å². The molecule has 0 aromatic rings. The molecule has 2 rings (SSSR count). The second kappa shape index (κ2) is 3.87. The molecule has 0 bridgehead atoms. The molecule has 0 aromatic heterocycles. The van der Waals surface area contributed by atoms with E-state index in [-0.39, 0.29) is 11.6 Å². The van der Waals surface area contributed by atoms with Crippen LogP contribution in [0.15, 0.2) is 0 Å². The van der Waals surface area contributed by atoms with Crippen molar-refractivity contribution in [1.29, 1.82) is 0 Å². The zero-order chi connectivity index (χ0) is 12.8. The third-order valence-electron chi connectivity index (χ3n) is 3.78. The van der Waals surface area contributed by atoms with Crippen LogP contribution in [0.5, 0.6) is 0 Å². The van der Waals surface area contributed by atoms with Gasteiger partial charge >= 0.3 is 6.09 Å². The lowest BCUT2D eigenvalue weighted by Gasteiger charge is -2.33. The highest BCUT2D eigenvalue weighted by molar-refractivity contribution is 5.70. The minimum atomic E-state index is -0.399. The molecule has 0 N–H and O–H groups in total. The minimum Gasteiger partial charge on any atom is -0.444 e.